The van der Waals surface area contributed by atoms with Crippen molar-refractivity contribution in [2.24, 2.45) is 0 Å². The third-order valence-electron chi connectivity index (χ3n) is 5.05. The molecule has 0 unspecified atom stereocenters. The van der Waals surface area contributed by atoms with E-state index in [1.165, 1.54) is 50.8 Å². The zero-order chi connectivity index (χ0) is 26.5. The first-order valence-corrected chi connectivity index (χ1v) is 11.4. The summed E-state index contributed by atoms with van der Waals surface area (Å²) in [5.41, 5.74) is -0.0465. The highest BCUT2D eigenvalue weighted by Crippen LogP contribution is 2.38. The highest BCUT2D eigenvalue weighted by Gasteiger charge is 2.32. The van der Waals surface area contributed by atoms with Crippen LogP contribution in [0, 0.1) is 5.82 Å². The van der Waals surface area contributed by atoms with Gasteiger partial charge >= 0.3 is 12.3 Å². The average Bonchev–Trinajstić information content (AvgIpc) is 2.85. The number of amides is 2. The van der Waals surface area contributed by atoms with Crippen molar-refractivity contribution < 1.29 is 37.0 Å². The van der Waals surface area contributed by atoms with Gasteiger partial charge in [-0.05, 0) is 36.4 Å². The van der Waals surface area contributed by atoms with E-state index >= 15 is 0 Å². The van der Waals surface area contributed by atoms with Crippen LogP contribution in [0.25, 0.3) is 11.1 Å². The quantitative estimate of drug-likeness (QED) is 0.229. The lowest BCUT2D eigenvalue weighted by Crippen LogP contribution is -2.27. The summed E-state index contributed by atoms with van der Waals surface area (Å²) in [4.78, 5) is 29.3. The van der Waals surface area contributed by atoms with Crippen LogP contribution in [0.3, 0.4) is 0 Å². The zero-order valence-electron chi connectivity index (χ0n) is 19.1. The Balaban J connectivity index is 1.98. The molecule has 2 aromatic carbocycles. The van der Waals surface area contributed by atoms with Gasteiger partial charge in [0.2, 0.25) is 0 Å². The topological polar surface area (TPSA) is 91.8 Å². The molecular weight excluding hydrogens is 502 g/mol. The van der Waals surface area contributed by atoms with Gasteiger partial charge in [-0.2, -0.15) is 13.2 Å². The number of ether oxygens (including phenoxy) is 1. The number of hydrogen-bond acceptors (Lipinski definition) is 5. The monoisotopic (exact) mass is 523 g/mol. The molecule has 0 aliphatic carbocycles. The molecule has 1 aromatic heterocycles. The molecule has 36 heavy (non-hydrogen) atoms. The van der Waals surface area contributed by atoms with Gasteiger partial charge in [-0.15, -0.1) is 11.8 Å². The van der Waals surface area contributed by atoms with Gasteiger partial charge in [-0.3, -0.25) is 9.78 Å². The summed E-state index contributed by atoms with van der Waals surface area (Å²) >= 11 is 0.977. The fourth-order valence-electron chi connectivity index (χ4n) is 3.37. The van der Waals surface area contributed by atoms with Crippen LogP contribution >= 0.6 is 11.8 Å². The summed E-state index contributed by atoms with van der Waals surface area (Å²) in [6.07, 6.45) is -3.12. The zero-order valence-corrected chi connectivity index (χ0v) is 19.9. The smallest absolute Gasteiger partial charge is 0.416 e. The van der Waals surface area contributed by atoms with Gasteiger partial charge in [0.05, 0.1) is 24.6 Å². The maximum absolute atomic E-state index is 13.7. The number of aromatic nitrogens is 1. The first-order valence-electron chi connectivity index (χ1n) is 10.4. The minimum Gasteiger partial charge on any atom is -0.496 e. The Morgan fingerprint density at radius 3 is 2.56 bits per heavy atom. The van der Waals surface area contributed by atoms with E-state index < -0.39 is 29.6 Å². The van der Waals surface area contributed by atoms with Crippen LogP contribution in [0.4, 0.5) is 28.0 Å². The summed E-state index contributed by atoms with van der Waals surface area (Å²) < 4.78 is 59.6. The van der Waals surface area contributed by atoms with E-state index in [9.17, 15) is 27.2 Å². The summed E-state index contributed by atoms with van der Waals surface area (Å²) in [5, 5.41) is 10.8. The number of carbonyl (C=O) groups excluding carboxylic acids is 1. The number of rotatable bonds is 8. The van der Waals surface area contributed by atoms with Crippen molar-refractivity contribution in [1.29, 1.82) is 0 Å². The largest absolute Gasteiger partial charge is 0.496 e. The number of thioether (sulfide) groups is 1. The molecule has 190 valence electrons. The Labute approximate surface area is 208 Å². The van der Waals surface area contributed by atoms with Crippen molar-refractivity contribution in [3.05, 3.63) is 71.8 Å². The van der Waals surface area contributed by atoms with E-state index in [2.05, 4.69) is 10.3 Å². The third-order valence-corrected chi connectivity index (χ3v) is 6.02. The molecule has 2 N–H and O–H groups in total. The van der Waals surface area contributed by atoms with Crippen LogP contribution < -0.4 is 15.0 Å². The number of hydrogen-bond donors (Lipinski definition) is 2. The Bertz CT molecular complexity index is 1270. The van der Waals surface area contributed by atoms with Crippen LogP contribution in [0.5, 0.6) is 5.75 Å². The number of anilines is 1. The summed E-state index contributed by atoms with van der Waals surface area (Å²) in [7, 11) is 2.75. The lowest BCUT2D eigenvalue weighted by molar-refractivity contribution is -0.137. The molecule has 0 fully saturated rings. The third kappa shape index (κ3) is 6.45. The number of nitrogens with one attached hydrogen (secondary N) is 1. The van der Waals surface area contributed by atoms with Gasteiger partial charge in [0.15, 0.2) is 0 Å². The van der Waals surface area contributed by atoms with Crippen molar-refractivity contribution in [2.45, 2.75) is 11.1 Å². The van der Waals surface area contributed by atoms with Crippen LogP contribution in [0.2, 0.25) is 0 Å². The van der Waals surface area contributed by atoms with Crippen LogP contribution in [0.1, 0.15) is 15.9 Å². The Morgan fingerprint density at radius 1 is 1.14 bits per heavy atom. The normalized spacial score (nSPS) is 11.2. The maximum Gasteiger partial charge on any atom is 0.416 e. The van der Waals surface area contributed by atoms with Gasteiger partial charge in [0, 0.05) is 53.2 Å². The van der Waals surface area contributed by atoms with Crippen LogP contribution in [-0.2, 0) is 6.18 Å². The fourth-order valence-corrected chi connectivity index (χ4v) is 4.23. The highest BCUT2D eigenvalue weighted by atomic mass is 32.2. The molecule has 0 saturated heterocycles. The molecular formula is C24H21F4N3O4S. The van der Waals surface area contributed by atoms with E-state index in [-0.39, 0.29) is 34.2 Å². The molecule has 0 radical (unpaired) electrons. The van der Waals surface area contributed by atoms with E-state index in [1.54, 1.807) is 6.07 Å². The molecule has 3 aromatic rings. The number of nitrogens with zero attached hydrogens (tertiary/aromatic N) is 2. The first-order chi connectivity index (χ1) is 17.0. The second kappa shape index (κ2) is 11.3. The van der Waals surface area contributed by atoms with Crippen molar-refractivity contribution in [3.8, 4) is 16.9 Å². The number of methoxy groups -OCH3 is 1. The van der Waals surface area contributed by atoms with Crippen LogP contribution in [0.15, 0.2) is 59.8 Å². The molecule has 1 heterocycles. The van der Waals surface area contributed by atoms with Crippen molar-refractivity contribution in [3.63, 3.8) is 0 Å². The molecule has 2 amide bonds. The molecule has 0 atom stereocenters. The van der Waals surface area contributed by atoms with E-state index in [4.69, 9.17) is 9.84 Å². The van der Waals surface area contributed by atoms with Gasteiger partial charge in [-0.1, -0.05) is 0 Å². The minimum atomic E-state index is -4.70. The second-order valence-corrected chi connectivity index (χ2v) is 8.59. The average molecular weight is 524 g/mol. The summed E-state index contributed by atoms with van der Waals surface area (Å²) in [6, 6.07) is 8.42. The molecule has 7 nitrogen and oxygen atoms in total. The van der Waals surface area contributed by atoms with E-state index in [1.807, 2.05) is 0 Å². The van der Waals surface area contributed by atoms with Crippen molar-refractivity contribution in [2.75, 3.05) is 31.4 Å². The molecule has 0 spiro atoms. The second-order valence-electron chi connectivity index (χ2n) is 7.43. The Hall–Kier alpha value is -3.80. The number of pyridine rings is 1. The number of halogens is 4. The molecule has 12 heteroatoms. The molecule has 0 aliphatic heterocycles. The number of alkyl halides is 3. The summed E-state index contributed by atoms with van der Waals surface area (Å²) in [6.45, 7) is 0.0119. The highest BCUT2D eigenvalue weighted by molar-refractivity contribution is 7.99. The van der Waals surface area contributed by atoms with Gasteiger partial charge < -0.3 is 20.1 Å². The molecule has 0 saturated carbocycles. The minimum absolute atomic E-state index is 0.0119. The van der Waals surface area contributed by atoms with E-state index in [0.29, 0.717) is 11.1 Å². The Kier molecular flexibility index (Phi) is 8.41. The SMILES string of the molecule is COc1cc(F)ccc1-c1ccncc1N(C)C(=O)c1cc(SCCNC(=O)O)cc(C(F)(F)F)c1. The van der Waals surface area contributed by atoms with Crippen LogP contribution in [-0.4, -0.2) is 48.5 Å². The van der Waals surface area contributed by atoms with Crippen molar-refractivity contribution >= 4 is 29.4 Å². The predicted octanol–water partition coefficient (Wildman–Crippen LogP) is 5.55. The number of benzene rings is 2. The maximum atomic E-state index is 13.7. The molecule has 3 rings (SSSR count). The lowest BCUT2D eigenvalue weighted by atomic mass is 10.0. The van der Waals surface area contributed by atoms with E-state index in [0.717, 1.165) is 28.8 Å². The lowest BCUT2D eigenvalue weighted by Gasteiger charge is -2.22. The molecule has 0 aliphatic rings. The van der Waals surface area contributed by atoms with Gasteiger partial charge in [-0.25, -0.2) is 9.18 Å². The standard InChI is InChI=1S/C24H21F4N3O4S/c1-31(20-13-29-6-5-18(20)19-4-3-16(25)12-21(19)35-2)22(32)14-9-15(24(26,27)28)11-17(10-14)36-8-7-30-23(33)34/h3-6,9-13,30H,7-8H2,1-2H3,(H,33,34). The van der Waals surface area contributed by atoms with Gasteiger partial charge in [0.1, 0.15) is 11.6 Å². The molecule has 0 bridgehead atoms. The number of carboxylic acid groups (broad SMARTS) is 1. The fraction of sp³-hybridized carbons (Fsp3) is 0.208. The first kappa shape index (κ1) is 26.8. The van der Waals surface area contributed by atoms with Crippen molar-refractivity contribution in [1.82, 2.24) is 10.3 Å². The van der Waals surface area contributed by atoms with Gasteiger partial charge in [0.25, 0.3) is 5.91 Å². The predicted molar refractivity (Wildman–Crippen MR) is 127 cm³/mol. The Morgan fingerprint density at radius 2 is 1.89 bits per heavy atom. The summed E-state index contributed by atoms with van der Waals surface area (Å²) in [5.74, 6) is -0.894. The number of carbonyl (C=O) groups is 2.